The van der Waals surface area contributed by atoms with Crippen molar-refractivity contribution in [3.63, 3.8) is 0 Å². The predicted molar refractivity (Wildman–Crippen MR) is 142 cm³/mol. The van der Waals surface area contributed by atoms with Crippen molar-refractivity contribution in [3.05, 3.63) is 78.6 Å². The molecule has 1 fully saturated rings. The quantitative estimate of drug-likeness (QED) is 0.359. The molecular weight excluding hydrogens is 450 g/mol. The minimum absolute atomic E-state index is 0.684. The zero-order valence-electron chi connectivity index (χ0n) is 21.0. The van der Waals surface area contributed by atoms with Crippen molar-refractivity contribution in [2.24, 2.45) is 0 Å². The summed E-state index contributed by atoms with van der Waals surface area (Å²) in [5.74, 6) is 0.799. The largest absolute Gasteiger partial charge is 0.383 e. The summed E-state index contributed by atoms with van der Waals surface area (Å²) in [5.41, 5.74) is 6.21. The van der Waals surface area contributed by atoms with Crippen LogP contribution >= 0.6 is 0 Å². The third kappa shape index (κ3) is 5.61. The maximum Gasteiger partial charge on any atom is 0.133 e. The first-order valence-electron chi connectivity index (χ1n) is 12.6. The normalized spacial score (nSPS) is 14.3. The van der Waals surface area contributed by atoms with Gasteiger partial charge in [-0.3, -0.25) is 14.6 Å². The van der Waals surface area contributed by atoms with Crippen LogP contribution in [-0.4, -0.2) is 76.1 Å². The van der Waals surface area contributed by atoms with Crippen LogP contribution in [0.15, 0.2) is 67.3 Å². The summed E-state index contributed by atoms with van der Waals surface area (Å²) in [4.78, 5) is 18.6. The number of hydrogen-bond acceptors (Lipinski definition) is 7. The molecule has 0 saturated carbocycles. The van der Waals surface area contributed by atoms with E-state index in [4.69, 9.17) is 14.8 Å². The topological polar surface area (TPSA) is 72.2 Å². The molecule has 1 saturated heterocycles. The van der Waals surface area contributed by atoms with Crippen molar-refractivity contribution >= 4 is 5.69 Å². The van der Waals surface area contributed by atoms with Gasteiger partial charge in [0.2, 0.25) is 0 Å². The van der Waals surface area contributed by atoms with Crippen molar-refractivity contribution in [1.29, 1.82) is 0 Å². The van der Waals surface area contributed by atoms with Crippen LogP contribution in [0.1, 0.15) is 18.3 Å². The average molecular weight is 484 g/mol. The number of aromatic nitrogens is 5. The van der Waals surface area contributed by atoms with Crippen LogP contribution in [0.3, 0.4) is 0 Å². The SMILES string of the molecule is CCn1cc(-c2ccnc(Cc3ccc(N4CCN(CCOC)CC4)cc3)n2)c(-c2cccnc2)n1. The zero-order chi connectivity index (χ0) is 24.7. The van der Waals surface area contributed by atoms with Crippen LogP contribution in [0, 0.1) is 0 Å². The number of hydrogen-bond donors (Lipinski definition) is 0. The van der Waals surface area contributed by atoms with Crippen LogP contribution in [0.4, 0.5) is 5.69 Å². The van der Waals surface area contributed by atoms with Crippen molar-refractivity contribution in [2.45, 2.75) is 19.9 Å². The van der Waals surface area contributed by atoms with Crippen LogP contribution in [0.2, 0.25) is 0 Å². The molecule has 8 heteroatoms. The number of methoxy groups -OCH3 is 1. The Morgan fingerprint density at radius 1 is 0.972 bits per heavy atom. The fourth-order valence-corrected chi connectivity index (χ4v) is 4.58. The second kappa shape index (κ2) is 11.4. The summed E-state index contributed by atoms with van der Waals surface area (Å²) < 4.78 is 7.15. The Morgan fingerprint density at radius 2 is 1.81 bits per heavy atom. The first-order valence-corrected chi connectivity index (χ1v) is 12.6. The molecule has 0 spiro atoms. The van der Waals surface area contributed by atoms with Gasteiger partial charge in [-0.05, 0) is 42.8 Å². The van der Waals surface area contributed by atoms with Crippen LogP contribution in [0.5, 0.6) is 0 Å². The van der Waals surface area contributed by atoms with Crippen molar-refractivity contribution in [1.82, 2.24) is 29.6 Å². The maximum atomic E-state index is 5.21. The molecule has 0 bridgehead atoms. The molecule has 36 heavy (non-hydrogen) atoms. The molecule has 5 rings (SSSR count). The van der Waals surface area contributed by atoms with Gasteiger partial charge in [-0.15, -0.1) is 0 Å². The average Bonchev–Trinajstić information content (AvgIpc) is 3.38. The van der Waals surface area contributed by atoms with Gasteiger partial charge in [0.15, 0.2) is 0 Å². The summed E-state index contributed by atoms with van der Waals surface area (Å²) in [6, 6.07) is 14.7. The van der Waals surface area contributed by atoms with Gasteiger partial charge in [-0.25, -0.2) is 9.97 Å². The lowest BCUT2D eigenvalue weighted by molar-refractivity contribution is 0.144. The molecule has 0 radical (unpaired) electrons. The molecule has 0 atom stereocenters. The summed E-state index contributed by atoms with van der Waals surface area (Å²) in [7, 11) is 1.76. The fraction of sp³-hybridized carbons (Fsp3) is 0.357. The lowest BCUT2D eigenvalue weighted by Crippen LogP contribution is -2.47. The van der Waals surface area contributed by atoms with Crippen LogP contribution in [0.25, 0.3) is 22.5 Å². The Hall–Kier alpha value is -3.62. The molecule has 8 nitrogen and oxygen atoms in total. The number of rotatable bonds is 9. The Morgan fingerprint density at radius 3 is 2.53 bits per heavy atom. The molecule has 0 unspecified atom stereocenters. The third-order valence-electron chi connectivity index (χ3n) is 6.65. The number of ether oxygens (including phenoxy) is 1. The van der Waals surface area contributed by atoms with E-state index in [2.05, 4.69) is 57.2 Å². The standard InChI is InChI=1S/C28H33N7O/c1-3-35-21-25(28(32-35)23-5-4-11-29-20-23)26-10-12-30-27(31-26)19-22-6-8-24(9-7-22)34-15-13-33(14-16-34)17-18-36-2/h4-12,20-21H,3,13-19H2,1-2H3. The lowest BCUT2D eigenvalue weighted by atomic mass is 10.1. The number of piperazine rings is 1. The Kier molecular flexibility index (Phi) is 7.64. The highest BCUT2D eigenvalue weighted by Crippen LogP contribution is 2.29. The summed E-state index contributed by atoms with van der Waals surface area (Å²) >= 11 is 0. The number of anilines is 1. The molecule has 1 aliphatic heterocycles. The number of aryl methyl sites for hydroxylation is 1. The van der Waals surface area contributed by atoms with E-state index >= 15 is 0 Å². The van der Waals surface area contributed by atoms with E-state index in [0.717, 1.165) is 74.2 Å². The predicted octanol–water partition coefficient (Wildman–Crippen LogP) is 3.78. The minimum atomic E-state index is 0.684. The highest BCUT2D eigenvalue weighted by atomic mass is 16.5. The van der Waals surface area contributed by atoms with Gasteiger partial charge >= 0.3 is 0 Å². The molecule has 3 aromatic heterocycles. The fourth-order valence-electron chi connectivity index (χ4n) is 4.58. The molecule has 1 aromatic carbocycles. The molecule has 0 aliphatic carbocycles. The number of nitrogens with zero attached hydrogens (tertiary/aromatic N) is 7. The Balaban J connectivity index is 1.29. The highest BCUT2D eigenvalue weighted by Gasteiger charge is 2.17. The zero-order valence-corrected chi connectivity index (χ0v) is 21.0. The van der Waals surface area contributed by atoms with Gasteiger partial charge < -0.3 is 9.64 Å². The van der Waals surface area contributed by atoms with E-state index < -0.39 is 0 Å². The van der Waals surface area contributed by atoms with Gasteiger partial charge in [0.25, 0.3) is 0 Å². The van der Waals surface area contributed by atoms with Gasteiger partial charge in [-0.2, -0.15) is 5.10 Å². The van der Waals surface area contributed by atoms with Crippen LogP contribution < -0.4 is 4.90 Å². The van der Waals surface area contributed by atoms with E-state index in [1.165, 1.54) is 11.3 Å². The van der Waals surface area contributed by atoms with E-state index in [1.54, 1.807) is 13.3 Å². The van der Waals surface area contributed by atoms with Gasteiger partial charge in [0, 0.05) is 94.4 Å². The van der Waals surface area contributed by atoms with Crippen molar-refractivity contribution < 1.29 is 4.74 Å². The molecule has 186 valence electrons. The van der Waals surface area contributed by atoms with Crippen molar-refractivity contribution in [2.75, 3.05) is 51.3 Å². The molecule has 1 aliphatic rings. The highest BCUT2D eigenvalue weighted by molar-refractivity contribution is 5.78. The second-order valence-corrected chi connectivity index (χ2v) is 9.01. The molecule has 0 N–H and O–H groups in total. The van der Waals surface area contributed by atoms with E-state index in [-0.39, 0.29) is 0 Å². The van der Waals surface area contributed by atoms with E-state index in [1.807, 2.05) is 35.3 Å². The summed E-state index contributed by atoms with van der Waals surface area (Å²) in [6.45, 7) is 8.90. The minimum Gasteiger partial charge on any atom is -0.383 e. The van der Waals surface area contributed by atoms with E-state index in [0.29, 0.717) is 6.42 Å². The molecule has 4 heterocycles. The lowest BCUT2D eigenvalue weighted by Gasteiger charge is -2.36. The molecule has 4 aromatic rings. The smallest absolute Gasteiger partial charge is 0.133 e. The van der Waals surface area contributed by atoms with Gasteiger partial charge in [0.1, 0.15) is 11.5 Å². The Bertz CT molecular complexity index is 1250. The molecular formula is C28H33N7O. The maximum absolute atomic E-state index is 5.21. The monoisotopic (exact) mass is 483 g/mol. The number of pyridine rings is 1. The van der Waals surface area contributed by atoms with E-state index in [9.17, 15) is 0 Å². The molecule has 0 amide bonds. The van der Waals surface area contributed by atoms with Gasteiger partial charge in [0.05, 0.1) is 12.3 Å². The number of benzene rings is 1. The third-order valence-corrected chi connectivity index (χ3v) is 6.65. The first kappa shape index (κ1) is 24.1. The first-order chi connectivity index (χ1) is 17.7. The summed E-state index contributed by atoms with van der Waals surface area (Å²) in [6.07, 6.45) is 8.19. The Labute approximate surface area is 212 Å². The van der Waals surface area contributed by atoms with Crippen molar-refractivity contribution in [3.8, 4) is 22.5 Å². The second-order valence-electron chi connectivity index (χ2n) is 9.01. The van der Waals surface area contributed by atoms with Gasteiger partial charge in [-0.1, -0.05) is 12.1 Å². The summed E-state index contributed by atoms with van der Waals surface area (Å²) in [5, 5.41) is 4.76. The van der Waals surface area contributed by atoms with Crippen LogP contribution in [-0.2, 0) is 17.7 Å².